The van der Waals surface area contributed by atoms with Gasteiger partial charge < -0.3 is 10.1 Å². The Morgan fingerprint density at radius 3 is 2.82 bits per heavy atom. The minimum absolute atomic E-state index is 0.0465. The molecule has 0 unspecified atom stereocenters. The summed E-state index contributed by atoms with van der Waals surface area (Å²) < 4.78 is 39.8. The Morgan fingerprint density at radius 1 is 1.41 bits per heavy atom. The topological polar surface area (TPSA) is 47.0 Å². The van der Waals surface area contributed by atoms with E-state index in [1.54, 1.807) is 12.3 Å². The molecule has 17 heavy (non-hydrogen) atoms. The Labute approximate surface area is 97.2 Å². The first kappa shape index (κ1) is 13.7. The number of ether oxygens (including phenoxy) is 1. The molecule has 0 amide bonds. The number of hydrogen-bond acceptors (Lipinski definition) is 4. The molecule has 1 heterocycles. The standard InChI is InChI=1S/C10H14F3N3O/c1-2-14-8-3-5-15-9(16-8)4-6-17-7-10(11,12)13/h3,5H,2,4,6-7H2,1H3,(H,14,15,16). The average Bonchev–Trinajstić information content (AvgIpc) is 2.24. The first-order valence-electron chi connectivity index (χ1n) is 5.21. The van der Waals surface area contributed by atoms with Crippen LogP contribution in [-0.2, 0) is 11.2 Å². The zero-order chi connectivity index (χ0) is 12.7. The highest BCUT2D eigenvalue weighted by atomic mass is 19.4. The molecule has 0 aliphatic heterocycles. The largest absolute Gasteiger partial charge is 0.411 e. The summed E-state index contributed by atoms with van der Waals surface area (Å²) in [6.45, 7) is 1.37. The molecule has 1 N–H and O–H groups in total. The maximum absolute atomic E-state index is 11.8. The molecule has 0 fully saturated rings. The fourth-order valence-electron chi connectivity index (χ4n) is 1.15. The lowest BCUT2D eigenvalue weighted by Crippen LogP contribution is -2.18. The van der Waals surface area contributed by atoms with Crippen molar-refractivity contribution in [3.05, 3.63) is 18.1 Å². The summed E-state index contributed by atoms with van der Waals surface area (Å²) in [7, 11) is 0. The van der Waals surface area contributed by atoms with Crippen molar-refractivity contribution in [2.24, 2.45) is 0 Å². The van der Waals surface area contributed by atoms with Gasteiger partial charge in [0.25, 0.3) is 0 Å². The number of alkyl halides is 3. The minimum Gasteiger partial charge on any atom is -0.372 e. The number of aromatic nitrogens is 2. The smallest absolute Gasteiger partial charge is 0.372 e. The van der Waals surface area contributed by atoms with Gasteiger partial charge in [-0.3, -0.25) is 0 Å². The molecule has 0 saturated carbocycles. The molecule has 0 spiro atoms. The van der Waals surface area contributed by atoms with E-state index in [1.165, 1.54) is 0 Å². The summed E-state index contributed by atoms with van der Waals surface area (Å²) in [5, 5.41) is 2.99. The lowest BCUT2D eigenvalue weighted by molar-refractivity contribution is -0.173. The second kappa shape index (κ2) is 6.39. The molecule has 96 valence electrons. The van der Waals surface area contributed by atoms with Crippen LogP contribution >= 0.6 is 0 Å². The third-order valence-electron chi connectivity index (χ3n) is 1.80. The summed E-state index contributed by atoms with van der Waals surface area (Å²) in [6, 6.07) is 1.70. The monoisotopic (exact) mass is 249 g/mol. The van der Waals surface area contributed by atoms with Crippen LogP contribution in [0.3, 0.4) is 0 Å². The van der Waals surface area contributed by atoms with E-state index < -0.39 is 12.8 Å². The Morgan fingerprint density at radius 2 is 2.18 bits per heavy atom. The molecular formula is C10H14F3N3O. The Kier molecular flexibility index (Phi) is 5.14. The second-order valence-electron chi connectivity index (χ2n) is 3.31. The summed E-state index contributed by atoms with van der Waals surface area (Å²) in [5.74, 6) is 1.12. The van der Waals surface area contributed by atoms with Gasteiger partial charge in [-0.1, -0.05) is 0 Å². The zero-order valence-corrected chi connectivity index (χ0v) is 9.42. The summed E-state index contributed by atoms with van der Waals surface area (Å²) >= 11 is 0. The van der Waals surface area contributed by atoms with Crippen LogP contribution in [0, 0.1) is 0 Å². The second-order valence-corrected chi connectivity index (χ2v) is 3.31. The maximum atomic E-state index is 11.8. The van der Waals surface area contributed by atoms with Crippen LogP contribution in [0.2, 0.25) is 0 Å². The molecule has 0 aromatic carbocycles. The van der Waals surface area contributed by atoms with E-state index in [2.05, 4.69) is 20.0 Å². The van der Waals surface area contributed by atoms with E-state index >= 15 is 0 Å². The van der Waals surface area contributed by atoms with Crippen molar-refractivity contribution in [3.8, 4) is 0 Å². The van der Waals surface area contributed by atoms with Gasteiger partial charge in [-0.2, -0.15) is 13.2 Å². The third-order valence-corrected chi connectivity index (χ3v) is 1.80. The predicted octanol–water partition coefficient (Wildman–Crippen LogP) is 2.03. The molecule has 0 radical (unpaired) electrons. The van der Waals surface area contributed by atoms with Crippen molar-refractivity contribution < 1.29 is 17.9 Å². The summed E-state index contributed by atoms with van der Waals surface area (Å²) in [5.41, 5.74) is 0. The quantitative estimate of drug-likeness (QED) is 0.784. The first-order chi connectivity index (χ1) is 8.01. The van der Waals surface area contributed by atoms with Gasteiger partial charge in [0.15, 0.2) is 0 Å². The molecule has 1 aromatic heterocycles. The fourth-order valence-corrected chi connectivity index (χ4v) is 1.15. The van der Waals surface area contributed by atoms with Crippen molar-refractivity contribution in [2.75, 3.05) is 25.1 Å². The number of hydrogen-bond donors (Lipinski definition) is 1. The van der Waals surface area contributed by atoms with E-state index in [-0.39, 0.29) is 13.0 Å². The van der Waals surface area contributed by atoms with Crippen LogP contribution in [0.1, 0.15) is 12.7 Å². The van der Waals surface area contributed by atoms with Crippen molar-refractivity contribution in [3.63, 3.8) is 0 Å². The van der Waals surface area contributed by atoms with Gasteiger partial charge in [-0.25, -0.2) is 9.97 Å². The lowest BCUT2D eigenvalue weighted by atomic mass is 10.4. The molecule has 7 heteroatoms. The van der Waals surface area contributed by atoms with Crippen molar-refractivity contribution in [2.45, 2.75) is 19.5 Å². The Balaban J connectivity index is 2.34. The molecule has 4 nitrogen and oxygen atoms in total. The molecule has 1 rings (SSSR count). The number of rotatable bonds is 6. The van der Waals surface area contributed by atoms with Gasteiger partial charge in [0.05, 0.1) is 6.61 Å². The summed E-state index contributed by atoms with van der Waals surface area (Å²) in [6.07, 6.45) is -2.47. The maximum Gasteiger partial charge on any atom is 0.411 e. The van der Waals surface area contributed by atoms with Crippen LogP contribution in [0.25, 0.3) is 0 Å². The van der Waals surface area contributed by atoms with Crippen LogP contribution < -0.4 is 5.32 Å². The molecule has 0 bridgehead atoms. The van der Waals surface area contributed by atoms with E-state index in [0.717, 1.165) is 6.54 Å². The molecule has 0 atom stereocenters. The first-order valence-corrected chi connectivity index (χ1v) is 5.21. The van der Waals surface area contributed by atoms with Gasteiger partial charge in [0, 0.05) is 19.2 Å². The van der Waals surface area contributed by atoms with Crippen LogP contribution in [0.5, 0.6) is 0 Å². The van der Waals surface area contributed by atoms with Crippen molar-refractivity contribution in [1.82, 2.24) is 9.97 Å². The fraction of sp³-hybridized carbons (Fsp3) is 0.600. The van der Waals surface area contributed by atoms with Crippen molar-refractivity contribution in [1.29, 1.82) is 0 Å². The molecule has 0 aliphatic carbocycles. The lowest BCUT2D eigenvalue weighted by Gasteiger charge is -2.07. The molecule has 0 saturated heterocycles. The molecule has 0 aliphatic rings. The number of nitrogens with zero attached hydrogens (tertiary/aromatic N) is 2. The van der Waals surface area contributed by atoms with Gasteiger partial charge in [-0.15, -0.1) is 0 Å². The van der Waals surface area contributed by atoms with Gasteiger partial charge in [0.1, 0.15) is 18.2 Å². The highest BCUT2D eigenvalue weighted by molar-refractivity contribution is 5.32. The van der Waals surface area contributed by atoms with E-state index in [1.807, 2.05) is 6.92 Å². The van der Waals surface area contributed by atoms with E-state index in [9.17, 15) is 13.2 Å². The van der Waals surface area contributed by atoms with Gasteiger partial charge >= 0.3 is 6.18 Å². The normalized spacial score (nSPS) is 11.5. The third kappa shape index (κ3) is 6.06. The minimum atomic E-state index is -4.29. The Bertz CT molecular complexity index is 344. The summed E-state index contributed by atoms with van der Waals surface area (Å²) in [4.78, 5) is 8.06. The molecular weight excluding hydrogens is 235 g/mol. The highest BCUT2D eigenvalue weighted by Gasteiger charge is 2.27. The Hall–Kier alpha value is -1.37. The molecule has 1 aromatic rings. The van der Waals surface area contributed by atoms with Gasteiger partial charge in [0.2, 0.25) is 0 Å². The van der Waals surface area contributed by atoms with E-state index in [4.69, 9.17) is 0 Å². The van der Waals surface area contributed by atoms with Crippen LogP contribution in [0.4, 0.5) is 19.0 Å². The predicted molar refractivity (Wildman–Crippen MR) is 56.8 cm³/mol. The average molecular weight is 249 g/mol. The number of nitrogens with one attached hydrogen (secondary N) is 1. The van der Waals surface area contributed by atoms with Crippen molar-refractivity contribution >= 4 is 5.82 Å². The van der Waals surface area contributed by atoms with E-state index in [0.29, 0.717) is 11.6 Å². The SMILES string of the molecule is CCNc1ccnc(CCOCC(F)(F)F)n1. The number of anilines is 1. The zero-order valence-electron chi connectivity index (χ0n) is 9.42. The van der Waals surface area contributed by atoms with Crippen LogP contribution in [0.15, 0.2) is 12.3 Å². The number of halogens is 3. The van der Waals surface area contributed by atoms with Gasteiger partial charge in [-0.05, 0) is 13.0 Å². The van der Waals surface area contributed by atoms with Crippen LogP contribution in [-0.4, -0.2) is 35.9 Å². The highest BCUT2D eigenvalue weighted by Crippen LogP contribution is 2.14.